The number of nitrogens with zero attached hydrogens (tertiary/aromatic N) is 2. The molecule has 1 aliphatic heterocycles. The molecule has 0 saturated carbocycles. The molecule has 0 amide bonds. The van der Waals surface area contributed by atoms with E-state index in [0.717, 1.165) is 69.8 Å². The molecule has 1 aliphatic rings. The number of ether oxygens (including phenoxy) is 3. The predicted molar refractivity (Wildman–Crippen MR) is 124 cm³/mol. The van der Waals surface area contributed by atoms with Gasteiger partial charge in [-0.3, -0.25) is 4.90 Å². The molecule has 1 aromatic rings. The summed E-state index contributed by atoms with van der Waals surface area (Å²) in [6.45, 7) is 11.3. The Kier molecular flexibility index (Phi) is 13.0. The van der Waals surface area contributed by atoms with E-state index in [-0.39, 0.29) is 30.1 Å². The highest BCUT2D eigenvalue weighted by molar-refractivity contribution is 14.0. The molecule has 1 atom stereocenters. The molecule has 1 aromatic carbocycles. The molecule has 2 rings (SSSR count). The van der Waals surface area contributed by atoms with Crippen LogP contribution in [-0.2, 0) is 4.74 Å². The van der Waals surface area contributed by atoms with Crippen molar-refractivity contribution >= 4 is 29.9 Å². The number of hydrogen-bond acceptors (Lipinski definition) is 5. The second-order valence-electron chi connectivity index (χ2n) is 6.56. The first kappa shape index (κ1) is 24.8. The number of guanidine groups is 1. The smallest absolute Gasteiger partial charge is 0.191 e. The van der Waals surface area contributed by atoms with Crippen LogP contribution in [0.1, 0.15) is 20.3 Å². The summed E-state index contributed by atoms with van der Waals surface area (Å²) in [5, 5.41) is 6.69. The van der Waals surface area contributed by atoms with E-state index in [1.165, 1.54) is 0 Å². The zero-order valence-electron chi connectivity index (χ0n) is 17.3. The highest BCUT2D eigenvalue weighted by atomic mass is 127. The maximum atomic E-state index is 5.91. The number of halogens is 1. The Bertz CT molecular complexity index is 551. The zero-order chi connectivity index (χ0) is 19.3. The molecule has 1 fully saturated rings. The van der Waals surface area contributed by atoms with Crippen molar-refractivity contribution in [1.82, 2.24) is 15.5 Å². The lowest BCUT2D eigenvalue weighted by Gasteiger charge is -2.26. The van der Waals surface area contributed by atoms with Gasteiger partial charge in [-0.05, 0) is 51.1 Å². The fraction of sp³-hybridized carbons (Fsp3) is 0.650. The number of morpholine rings is 1. The summed E-state index contributed by atoms with van der Waals surface area (Å²) in [5.41, 5.74) is 0. The van der Waals surface area contributed by atoms with Gasteiger partial charge >= 0.3 is 0 Å². The van der Waals surface area contributed by atoms with E-state index in [9.17, 15) is 0 Å². The summed E-state index contributed by atoms with van der Waals surface area (Å²) < 4.78 is 16.5. The van der Waals surface area contributed by atoms with Gasteiger partial charge in [0.2, 0.25) is 0 Å². The minimum atomic E-state index is -0.0119. The van der Waals surface area contributed by atoms with E-state index in [1.807, 2.05) is 31.2 Å². The Hall–Kier alpha value is -1.26. The summed E-state index contributed by atoms with van der Waals surface area (Å²) in [4.78, 5) is 7.08. The van der Waals surface area contributed by atoms with Crippen molar-refractivity contribution in [2.24, 2.45) is 4.99 Å². The van der Waals surface area contributed by atoms with Gasteiger partial charge in [0.1, 0.15) is 17.6 Å². The van der Waals surface area contributed by atoms with Crippen LogP contribution in [0.5, 0.6) is 11.5 Å². The lowest BCUT2D eigenvalue weighted by molar-refractivity contribution is 0.0376. The Morgan fingerprint density at radius 3 is 2.50 bits per heavy atom. The molecular weight excluding hydrogens is 471 g/mol. The van der Waals surface area contributed by atoms with Gasteiger partial charge in [0.15, 0.2) is 5.96 Å². The van der Waals surface area contributed by atoms with Crippen molar-refractivity contribution in [3.8, 4) is 11.5 Å². The molecule has 0 aromatic heterocycles. The summed E-state index contributed by atoms with van der Waals surface area (Å²) in [6.07, 6.45) is 1.07. The number of hydrogen-bond donors (Lipinski definition) is 2. The second-order valence-corrected chi connectivity index (χ2v) is 6.56. The van der Waals surface area contributed by atoms with Crippen molar-refractivity contribution in [3.05, 3.63) is 24.3 Å². The molecule has 160 valence electrons. The van der Waals surface area contributed by atoms with Crippen LogP contribution in [0.3, 0.4) is 0 Å². The highest BCUT2D eigenvalue weighted by Crippen LogP contribution is 2.18. The van der Waals surface area contributed by atoms with Gasteiger partial charge in [-0.25, -0.2) is 4.99 Å². The van der Waals surface area contributed by atoms with Crippen LogP contribution in [-0.4, -0.2) is 76.6 Å². The highest BCUT2D eigenvalue weighted by Gasteiger charge is 2.09. The summed E-state index contributed by atoms with van der Waals surface area (Å²) in [7, 11) is 1.66. The Morgan fingerprint density at radius 2 is 1.86 bits per heavy atom. The number of benzene rings is 1. The molecule has 7 nitrogen and oxygen atoms in total. The van der Waals surface area contributed by atoms with Gasteiger partial charge in [-0.1, -0.05) is 0 Å². The Balaban J connectivity index is 0.00000392. The van der Waals surface area contributed by atoms with E-state index >= 15 is 0 Å². The van der Waals surface area contributed by atoms with Gasteiger partial charge in [-0.2, -0.15) is 0 Å². The molecule has 0 aliphatic carbocycles. The van der Waals surface area contributed by atoms with E-state index in [1.54, 1.807) is 7.11 Å². The number of nitrogens with one attached hydrogen (secondary N) is 2. The van der Waals surface area contributed by atoms with E-state index in [0.29, 0.717) is 6.54 Å². The van der Waals surface area contributed by atoms with Gasteiger partial charge in [0.05, 0.1) is 26.9 Å². The molecule has 1 saturated heterocycles. The number of aliphatic imine (C=N–C) groups is 1. The van der Waals surface area contributed by atoms with Crippen molar-refractivity contribution in [3.63, 3.8) is 0 Å². The normalized spacial score (nSPS) is 16.0. The van der Waals surface area contributed by atoms with E-state index in [4.69, 9.17) is 14.2 Å². The maximum Gasteiger partial charge on any atom is 0.191 e. The molecule has 2 N–H and O–H groups in total. The van der Waals surface area contributed by atoms with Crippen LogP contribution in [0.25, 0.3) is 0 Å². The standard InChI is InChI=1S/C20H34N4O3.HI/c1-4-21-20(22-10-5-11-24-12-14-26-15-13-24)23-16-17(2)27-19-8-6-18(25-3)7-9-19;/h6-9,17H,4-5,10-16H2,1-3H3,(H2,21,22,23);1H. The fourth-order valence-corrected chi connectivity index (χ4v) is 2.82. The SMILES string of the molecule is CCNC(=NCC(C)Oc1ccc(OC)cc1)NCCCN1CCOCC1.I. The molecular formula is C20H35IN4O3. The van der Waals surface area contributed by atoms with Crippen LogP contribution in [0.15, 0.2) is 29.3 Å². The van der Waals surface area contributed by atoms with Crippen LogP contribution in [0, 0.1) is 0 Å². The monoisotopic (exact) mass is 506 g/mol. The Morgan fingerprint density at radius 1 is 1.18 bits per heavy atom. The molecule has 0 spiro atoms. The lowest BCUT2D eigenvalue weighted by Crippen LogP contribution is -2.41. The largest absolute Gasteiger partial charge is 0.497 e. The van der Waals surface area contributed by atoms with Gasteiger partial charge < -0.3 is 24.8 Å². The lowest BCUT2D eigenvalue weighted by atomic mass is 10.3. The van der Waals surface area contributed by atoms with Gasteiger partial charge in [0.25, 0.3) is 0 Å². The Labute approximate surface area is 186 Å². The third kappa shape index (κ3) is 9.79. The topological polar surface area (TPSA) is 67.4 Å². The third-order valence-electron chi connectivity index (χ3n) is 4.29. The molecule has 8 heteroatoms. The molecule has 1 heterocycles. The zero-order valence-corrected chi connectivity index (χ0v) is 19.6. The third-order valence-corrected chi connectivity index (χ3v) is 4.29. The summed E-state index contributed by atoms with van der Waals surface area (Å²) >= 11 is 0. The molecule has 28 heavy (non-hydrogen) atoms. The minimum Gasteiger partial charge on any atom is -0.497 e. The first-order chi connectivity index (χ1) is 13.2. The van der Waals surface area contributed by atoms with Crippen LogP contribution in [0.2, 0.25) is 0 Å². The average Bonchev–Trinajstić information content (AvgIpc) is 2.70. The summed E-state index contributed by atoms with van der Waals surface area (Å²) in [6, 6.07) is 7.61. The number of rotatable bonds is 10. The fourth-order valence-electron chi connectivity index (χ4n) is 2.82. The first-order valence-corrected chi connectivity index (χ1v) is 9.84. The predicted octanol–water partition coefficient (Wildman–Crippen LogP) is 2.36. The van der Waals surface area contributed by atoms with Crippen molar-refractivity contribution in [2.75, 3.05) is 59.6 Å². The van der Waals surface area contributed by atoms with E-state index in [2.05, 4.69) is 27.4 Å². The molecule has 0 radical (unpaired) electrons. The minimum absolute atomic E-state index is 0. The molecule has 0 bridgehead atoms. The van der Waals surface area contributed by atoms with Crippen LogP contribution >= 0.6 is 24.0 Å². The van der Waals surface area contributed by atoms with Crippen molar-refractivity contribution in [2.45, 2.75) is 26.4 Å². The van der Waals surface area contributed by atoms with E-state index < -0.39 is 0 Å². The number of methoxy groups -OCH3 is 1. The molecule has 1 unspecified atom stereocenters. The first-order valence-electron chi connectivity index (χ1n) is 9.84. The average molecular weight is 506 g/mol. The van der Waals surface area contributed by atoms with Crippen molar-refractivity contribution in [1.29, 1.82) is 0 Å². The second kappa shape index (κ2) is 14.7. The van der Waals surface area contributed by atoms with Gasteiger partial charge in [0, 0.05) is 26.2 Å². The summed E-state index contributed by atoms with van der Waals surface area (Å²) in [5.74, 6) is 2.48. The maximum absolute atomic E-state index is 5.91. The quantitative estimate of drug-likeness (QED) is 0.220. The van der Waals surface area contributed by atoms with Crippen LogP contribution in [0.4, 0.5) is 0 Å². The van der Waals surface area contributed by atoms with Crippen LogP contribution < -0.4 is 20.1 Å². The van der Waals surface area contributed by atoms with Gasteiger partial charge in [-0.15, -0.1) is 24.0 Å². The van der Waals surface area contributed by atoms with Crippen molar-refractivity contribution < 1.29 is 14.2 Å².